The minimum atomic E-state index is -5.07. The fourth-order valence-corrected chi connectivity index (χ4v) is 28.7. The van der Waals surface area contributed by atoms with Gasteiger partial charge >= 0.3 is 73.0 Å². The van der Waals surface area contributed by atoms with E-state index in [1.165, 1.54) is 19.9 Å². The summed E-state index contributed by atoms with van der Waals surface area (Å²) >= 11 is 0. The highest BCUT2D eigenvalue weighted by atomic mass is 32.2. The SMILES string of the molecule is CCC(C)(C)C(=O)OC12CC3CC(C1)CC(OS(=O)(=O)NC)(C3)C2.CCC(C)(C)C(=O)OC1CC2CC1C1C(OCCNS(C)(=O)=O)CCC21.CCC(C)(C)C(=O)OC1CC2CC1C1C3CC(CC3C(=O)NS(=O)(=O)CCO)C21.CCC(C)(C)C(=O)OC1CCC(OS(=O)(=O)NC(F)(F)F)CC1.CCC(C)(C)C(=O)OC1CCC(OS(=O)(=O)NC2CCCCC2)CC1.CCC(C)(C)C(=O)OCCCS(=O)(=O)NCCO. The molecule has 0 aromatic carbocycles. The Morgan fingerprint density at radius 2 is 0.848 bits per heavy atom. The number of alkyl halides is 3. The predicted molar refractivity (Wildman–Crippen MR) is 534 cm³/mol. The molecule has 0 aromatic heterocycles. The Bertz CT molecular complexity index is 5010. The van der Waals surface area contributed by atoms with E-state index in [4.69, 9.17) is 51.7 Å². The summed E-state index contributed by atoms with van der Waals surface area (Å²) in [6.07, 6.45) is 20.4. The molecule has 46 heteroatoms. The molecule has 0 saturated heterocycles. The first-order valence-corrected chi connectivity index (χ1v) is 62.1. The first-order chi connectivity index (χ1) is 67.0. The summed E-state index contributed by atoms with van der Waals surface area (Å²) < 4.78 is 243. The maximum absolute atomic E-state index is 12.7. The van der Waals surface area contributed by atoms with Gasteiger partial charge in [0.1, 0.15) is 30.0 Å². The first kappa shape index (κ1) is 126. The van der Waals surface area contributed by atoms with E-state index < -0.39 is 135 Å². The van der Waals surface area contributed by atoms with Gasteiger partial charge in [0.15, 0.2) is 0 Å². The lowest BCUT2D eigenvalue weighted by atomic mass is 9.52. The number of hydrogen-bond donors (Lipinski definition) is 8. The fraction of sp³-hybridized carbons (Fsp3) is 0.929. The Labute approximate surface area is 861 Å². The van der Waals surface area contributed by atoms with E-state index in [9.17, 15) is 97.2 Å². The molecular weight excluding hydrogens is 2020 g/mol. The Morgan fingerprint density at radius 1 is 0.407 bits per heavy atom. The number of aliphatic hydroxyl groups excluding tert-OH is 2. The fourth-order valence-electron chi connectivity index (χ4n) is 23.5. The van der Waals surface area contributed by atoms with Crippen molar-refractivity contribution in [1.82, 2.24) is 28.3 Å². The van der Waals surface area contributed by atoms with Gasteiger partial charge in [-0.2, -0.15) is 47.9 Å². The van der Waals surface area contributed by atoms with E-state index in [0.717, 1.165) is 128 Å². The van der Waals surface area contributed by atoms with E-state index in [-0.39, 0.29) is 135 Å². The molecule has 1 amide bonds. The molecule has 0 aromatic rings. The maximum Gasteiger partial charge on any atom is 0.472 e. The zero-order chi connectivity index (χ0) is 109. The van der Waals surface area contributed by atoms with Crippen LogP contribution < -0.4 is 28.3 Å². The number of amides is 1. The number of ether oxygens (including phenoxy) is 7. The molecule has 14 aliphatic rings. The van der Waals surface area contributed by atoms with Crippen LogP contribution in [0.1, 0.15) is 343 Å². The maximum atomic E-state index is 12.7. The molecule has 14 aliphatic carbocycles. The molecule has 842 valence electrons. The number of carbonyl (C=O) groups excluding carboxylic acids is 7. The Morgan fingerprint density at radius 3 is 1.32 bits per heavy atom. The number of halogens is 3. The molecule has 8 N–H and O–H groups in total. The molecule has 16 atom stereocenters. The number of aliphatic hydroxyl groups is 2. The van der Waals surface area contributed by atoms with Gasteiger partial charge in [-0.3, -0.25) is 50.8 Å². The number of fused-ring (bicyclic) bond motifs is 14. The van der Waals surface area contributed by atoms with Gasteiger partial charge in [-0.25, -0.2) is 34.7 Å². The number of carbonyl (C=O) groups is 7. The van der Waals surface area contributed by atoms with Crippen LogP contribution in [0, 0.1) is 109 Å². The number of hydrogen-bond acceptors (Lipinski definition) is 31. The van der Waals surface area contributed by atoms with Gasteiger partial charge in [0, 0.05) is 44.4 Å². The molecule has 14 fully saturated rings. The van der Waals surface area contributed by atoms with Crippen LogP contribution in [0.25, 0.3) is 0 Å². The van der Waals surface area contributed by atoms with E-state index in [1.807, 2.05) is 96.9 Å². The topological polar surface area (TPSA) is 529 Å². The van der Waals surface area contributed by atoms with Crippen LogP contribution in [0.5, 0.6) is 0 Å². The van der Waals surface area contributed by atoms with Crippen molar-refractivity contribution in [3.05, 3.63) is 0 Å². The van der Waals surface area contributed by atoms with Crippen molar-refractivity contribution in [1.29, 1.82) is 0 Å². The van der Waals surface area contributed by atoms with Gasteiger partial charge in [0.05, 0.1) is 101 Å². The van der Waals surface area contributed by atoms with Crippen molar-refractivity contribution >= 4 is 103 Å². The van der Waals surface area contributed by atoms with Crippen molar-refractivity contribution in [2.75, 3.05) is 64.3 Å². The van der Waals surface area contributed by atoms with Crippen molar-refractivity contribution in [2.24, 2.45) is 109 Å². The van der Waals surface area contributed by atoms with Crippen molar-refractivity contribution in [3.8, 4) is 0 Å². The molecule has 37 nitrogen and oxygen atoms in total. The summed E-state index contributed by atoms with van der Waals surface area (Å²) in [5, 5.41) is 17.4. The Kier molecular flexibility index (Phi) is 44.7. The minimum Gasteiger partial charge on any atom is -0.465 e. The Balaban J connectivity index is 0.000000214. The van der Waals surface area contributed by atoms with E-state index in [1.54, 1.807) is 27.7 Å². The van der Waals surface area contributed by atoms with Gasteiger partial charge in [-0.1, -0.05) is 65.5 Å². The second-order valence-corrected chi connectivity index (χ2v) is 56.5. The lowest BCUT2D eigenvalue weighted by Crippen LogP contribution is -2.62. The Hall–Kier alpha value is -4.66. The van der Waals surface area contributed by atoms with Crippen LogP contribution >= 0.6 is 0 Å². The van der Waals surface area contributed by atoms with Crippen LogP contribution in [0.15, 0.2) is 0 Å². The zero-order valence-corrected chi connectivity index (χ0v) is 94.0. The third-order valence-corrected chi connectivity index (χ3v) is 40.2. The molecule has 10 bridgehead atoms. The highest BCUT2D eigenvalue weighted by Gasteiger charge is 2.68. The number of nitrogens with one attached hydrogen (secondary N) is 6. The van der Waals surface area contributed by atoms with Gasteiger partial charge in [0.2, 0.25) is 36.0 Å². The highest BCUT2D eigenvalue weighted by molar-refractivity contribution is 7.90. The summed E-state index contributed by atoms with van der Waals surface area (Å²) in [6, 6.07) is 0.00678. The lowest BCUT2D eigenvalue weighted by molar-refractivity contribution is -0.219. The molecule has 0 aliphatic heterocycles. The quantitative estimate of drug-likeness (QED) is 0.00924. The molecule has 145 heavy (non-hydrogen) atoms. The number of esters is 6. The van der Waals surface area contributed by atoms with E-state index >= 15 is 0 Å². The molecule has 0 radical (unpaired) electrons. The molecule has 16 unspecified atom stereocenters. The second-order valence-electron chi connectivity index (χ2n) is 46.8. The van der Waals surface area contributed by atoms with E-state index in [0.29, 0.717) is 147 Å². The average molecular weight is 2190 g/mol. The highest BCUT2D eigenvalue weighted by Crippen LogP contribution is 2.70. The van der Waals surface area contributed by atoms with Crippen LogP contribution in [0.2, 0.25) is 0 Å². The van der Waals surface area contributed by atoms with Gasteiger partial charge in [0.25, 0.3) is 0 Å². The molecule has 14 rings (SSSR count). The van der Waals surface area contributed by atoms with Crippen molar-refractivity contribution in [3.63, 3.8) is 0 Å². The molecule has 0 spiro atoms. The summed E-state index contributed by atoms with van der Waals surface area (Å²) in [4.78, 5) is 86.1. The summed E-state index contributed by atoms with van der Waals surface area (Å²) in [5.41, 5.74) is -4.32. The van der Waals surface area contributed by atoms with Gasteiger partial charge in [-0.15, -0.1) is 0 Å². The number of sulfonamides is 3. The molecule has 0 heterocycles. The minimum absolute atomic E-state index is 0.00495. The first-order valence-electron chi connectivity index (χ1n) is 52.7. The van der Waals surface area contributed by atoms with Gasteiger partial charge < -0.3 is 43.4 Å². The summed E-state index contributed by atoms with van der Waals surface area (Å²) in [6.45, 7) is 34.1. The predicted octanol–water partition coefficient (Wildman–Crippen LogP) is 12.9. The summed E-state index contributed by atoms with van der Waals surface area (Å²) in [7, 11) is -21.3. The number of rotatable bonds is 43. The average Bonchev–Trinajstić information content (AvgIpc) is 1.58. The normalized spacial score (nSPS) is 30.7. The van der Waals surface area contributed by atoms with Crippen LogP contribution in [-0.4, -0.2) is 233 Å². The van der Waals surface area contributed by atoms with Crippen molar-refractivity contribution in [2.45, 2.75) is 409 Å². The molecular formula is C99H173F3N6O31S6. The third kappa shape index (κ3) is 36.2. The summed E-state index contributed by atoms with van der Waals surface area (Å²) in [5.74, 6) is 2.85. The zero-order valence-electron chi connectivity index (χ0n) is 89.1. The molecule has 14 saturated carbocycles. The third-order valence-electron chi connectivity index (χ3n) is 33.5. The largest absolute Gasteiger partial charge is 0.472 e. The standard InChI is InChI=1S/C21H33NO6S.C19H33NO5S.C18H33NO5S.C17H29NO5S.C13H22F3NO5S.C11H23NO5S/c1-4-21(2,3)20(25)28-16-10-12-9-15(16)18-13-7-11(17(12)18)8-14(13)19(24)22-29(26,27)6-5-23;1-5-19(2,3)18(21)25-16-11-12-10-14(16)17-13(12)6-7-15(17)24-9-8-20-26(4,22)23;1-4-18(2,3)17(20)23-15-10-12-16(13-11-15)24-25(21,22)19-14-8-6-5-7-9-14;1-5-15(2,3)14(19)22-16-7-12-6-13(8-16)10-17(9-12,11-16)23-24(20,21)18-4;1-4-12(2,3)11(18)21-9-5-7-10(8-6-9)22-23(19,20)17-13(14,15)16;1-4-11(2,3)10(14)17-8-5-9-18(15,16)12-6-7-13/h11-18,23H,4-10H2,1-3H3,(H,22,24);12-17,20H,5-11H2,1-4H3;14-16,19H,4-13H2,1-3H3;12-13,18H,5-11H2,1-4H3;9-10,17H,4-8H2,1-3H3;12-13H,4-9H2,1-3H3. The monoisotopic (exact) mass is 2190 g/mol. The van der Waals surface area contributed by atoms with Crippen LogP contribution in [0.4, 0.5) is 13.2 Å². The van der Waals surface area contributed by atoms with Crippen LogP contribution in [-0.2, 0) is 140 Å². The van der Waals surface area contributed by atoms with Crippen LogP contribution in [0.3, 0.4) is 0 Å². The van der Waals surface area contributed by atoms with Crippen molar-refractivity contribution < 1.29 is 153 Å². The smallest absolute Gasteiger partial charge is 0.465 e. The van der Waals surface area contributed by atoms with Gasteiger partial charge in [-0.05, 0) is 341 Å². The lowest BCUT2D eigenvalue weighted by Gasteiger charge is -2.60. The van der Waals surface area contributed by atoms with E-state index in [2.05, 4.69) is 27.8 Å². The second kappa shape index (κ2) is 51.6.